The second-order valence-electron chi connectivity index (χ2n) is 8.34. The molecule has 1 N–H and O–H groups in total. The highest BCUT2D eigenvalue weighted by atomic mass is 32.2. The van der Waals surface area contributed by atoms with Crippen molar-refractivity contribution in [3.05, 3.63) is 51.7 Å². The van der Waals surface area contributed by atoms with Crippen LogP contribution in [-0.4, -0.2) is 39.5 Å². The molecule has 2 aromatic heterocycles. The van der Waals surface area contributed by atoms with E-state index in [4.69, 9.17) is 9.47 Å². The smallest absolute Gasteiger partial charge is 0.341 e. The molecule has 10 heteroatoms. The second-order valence-corrected chi connectivity index (χ2v) is 10.4. The number of anilines is 1. The number of carbonyl (C=O) groups excluding carboxylic acids is 2. The molecule has 0 spiro atoms. The highest BCUT2D eigenvalue weighted by Crippen LogP contribution is 2.38. The van der Waals surface area contributed by atoms with Crippen molar-refractivity contribution in [3.8, 4) is 5.75 Å². The Balaban J connectivity index is 1.36. The maximum atomic E-state index is 12.8. The molecule has 0 saturated heterocycles. The number of aromatic nitrogens is 3. The van der Waals surface area contributed by atoms with Gasteiger partial charge in [0, 0.05) is 11.9 Å². The fourth-order valence-electron chi connectivity index (χ4n) is 4.01. The van der Waals surface area contributed by atoms with Gasteiger partial charge in [-0.2, -0.15) is 0 Å². The van der Waals surface area contributed by atoms with Crippen molar-refractivity contribution < 1.29 is 19.1 Å². The molecule has 0 radical (unpaired) electrons. The first-order valence-electron chi connectivity index (χ1n) is 11.8. The van der Waals surface area contributed by atoms with Crippen molar-refractivity contribution in [1.29, 1.82) is 0 Å². The monoisotopic (exact) mass is 514 g/mol. The Morgan fingerprint density at radius 1 is 1.14 bits per heavy atom. The van der Waals surface area contributed by atoms with E-state index in [0.717, 1.165) is 49.8 Å². The summed E-state index contributed by atoms with van der Waals surface area (Å²) >= 11 is 2.78. The fourth-order valence-corrected chi connectivity index (χ4v) is 6.03. The van der Waals surface area contributed by atoms with Gasteiger partial charge in [-0.1, -0.05) is 37.2 Å². The number of ether oxygens (including phenoxy) is 2. The molecular weight excluding hydrogens is 484 g/mol. The summed E-state index contributed by atoms with van der Waals surface area (Å²) in [7, 11) is 3.23. The van der Waals surface area contributed by atoms with E-state index < -0.39 is 5.97 Å². The van der Waals surface area contributed by atoms with Crippen LogP contribution in [0.4, 0.5) is 5.00 Å². The van der Waals surface area contributed by atoms with E-state index in [1.807, 2.05) is 35.9 Å². The average molecular weight is 515 g/mol. The Hall–Kier alpha value is -2.85. The number of fused-ring (bicyclic) bond motifs is 1. The summed E-state index contributed by atoms with van der Waals surface area (Å²) < 4.78 is 12.7. The van der Waals surface area contributed by atoms with Gasteiger partial charge in [0.25, 0.3) is 0 Å². The summed E-state index contributed by atoms with van der Waals surface area (Å²) in [6.07, 6.45) is 6.04. The van der Waals surface area contributed by atoms with Crippen LogP contribution in [0.5, 0.6) is 5.75 Å². The van der Waals surface area contributed by atoms with Crippen molar-refractivity contribution in [2.24, 2.45) is 7.05 Å². The zero-order valence-corrected chi connectivity index (χ0v) is 21.9. The third-order valence-corrected chi connectivity index (χ3v) is 8.25. The van der Waals surface area contributed by atoms with Crippen LogP contribution in [0.25, 0.3) is 0 Å². The number of aryl methyl sites for hydroxylation is 2. The summed E-state index contributed by atoms with van der Waals surface area (Å²) in [5.41, 5.74) is 2.80. The van der Waals surface area contributed by atoms with Gasteiger partial charge in [0.1, 0.15) is 17.4 Å². The third-order valence-electron chi connectivity index (χ3n) is 6.02. The number of nitrogens with zero attached hydrogens (tertiary/aromatic N) is 3. The molecule has 0 saturated carbocycles. The topological polar surface area (TPSA) is 95.3 Å². The number of hydrogen-bond donors (Lipinski definition) is 1. The van der Waals surface area contributed by atoms with Crippen LogP contribution in [0.15, 0.2) is 29.4 Å². The zero-order valence-electron chi connectivity index (χ0n) is 20.3. The number of nitrogens with one attached hydrogen (secondary N) is 1. The molecule has 4 rings (SSSR count). The van der Waals surface area contributed by atoms with Gasteiger partial charge in [-0.05, 0) is 55.4 Å². The molecule has 0 atom stereocenters. The number of esters is 1. The van der Waals surface area contributed by atoms with Crippen LogP contribution in [0.2, 0.25) is 0 Å². The minimum Gasteiger partial charge on any atom is -0.486 e. The summed E-state index contributed by atoms with van der Waals surface area (Å²) in [5.74, 6) is 0.995. The number of thiophene rings is 1. The van der Waals surface area contributed by atoms with E-state index >= 15 is 0 Å². The predicted octanol–water partition coefficient (Wildman–Crippen LogP) is 4.80. The predicted molar refractivity (Wildman–Crippen MR) is 137 cm³/mol. The summed E-state index contributed by atoms with van der Waals surface area (Å²) in [4.78, 5) is 26.4. The number of thioether (sulfide) groups is 1. The van der Waals surface area contributed by atoms with E-state index in [9.17, 15) is 9.59 Å². The standard InChI is InChI=1S/C25H30N4O4S2/c1-4-16-10-12-17(13-11-16)33-14-20-27-28-25(29(20)2)34-15-21(30)26-23-22(24(31)32-3)18-8-6-5-7-9-19(18)35-23/h10-13H,4-9,14-15H2,1-3H3,(H,26,30). The first kappa shape index (κ1) is 25.2. The summed E-state index contributed by atoms with van der Waals surface area (Å²) in [6, 6.07) is 7.98. The molecule has 1 aromatic carbocycles. The van der Waals surface area contributed by atoms with E-state index in [2.05, 4.69) is 22.4 Å². The molecule has 186 valence electrons. The van der Waals surface area contributed by atoms with Gasteiger partial charge in [0.15, 0.2) is 11.0 Å². The van der Waals surface area contributed by atoms with E-state index in [1.54, 1.807) is 0 Å². The van der Waals surface area contributed by atoms with Crippen molar-refractivity contribution >= 4 is 40.0 Å². The van der Waals surface area contributed by atoms with E-state index in [0.29, 0.717) is 21.5 Å². The lowest BCUT2D eigenvalue weighted by molar-refractivity contribution is -0.113. The second kappa shape index (κ2) is 11.7. The molecule has 0 unspecified atom stereocenters. The van der Waals surface area contributed by atoms with Crippen molar-refractivity contribution in [3.63, 3.8) is 0 Å². The lowest BCUT2D eigenvalue weighted by atomic mass is 10.1. The van der Waals surface area contributed by atoms with Gasteiger partial charge in [-0.3, -0.25) is 4.79 Å². The minimum absolute atomic E-state index is 0.147. The Morgan fingerprint density at radius 2 is 1.91 bits per heavy atom. The maximum absolute atomic E-state index is 12.8. The molecule has 1 amide bonds. The Bertz CT molecular complexity index is 1190. The van der Waals surface area contributed by atoms with E-state index in [-0.39, 0.29) is 18.3 Å². The van der Waals surface area contributed by atoms with Crippen LogP contribution >= 0.6 is 23.1 Å². The van der Waals surface area contributed by atoms with E-state index in [1.165, 1.54) is 40.6 Å². The van der Waals surface area contributed by atoms with Gasteiger partial charge in [0.2, 0.25) is 5.91 Å². The number of carbonyl (C=O) groups is 2. The van der Waals surface area contributed by atoms with Gasteiger partial charge in [-0.25, -0.2) is 4.79 Å². The normalized spacial score (nSPS) is 13.1. The number of benzene rings is 1. The van der Waals surface area contributed by atoms with Gasteiger partial charge in [-0.15, -0.1) is 21.5 Å². The van der Waals surface area contributed by atoms with Crippen molar-refractivity contribution in [2.45, 2.75) is 57.2 Å². The summed E-state index contributed by atoms with van der Waals surface area (Å²) in [6.45, 7) is 2.40. The van der Waals surface area contributed by atoms with Gasteiger partial charge < -0.3 is 19.4 Å². The lowest BCUT2D eigenvalue weighted by Gasteiger charge is -2.08. The zero-order chi connectivity index (χ0) is 24.8. The minimum atomic E-state index is -0.394. The molecule has 35 heavy (non-hydrogen) atoms. The molecule has 0 bridgehead atoms. The molecule has 0 aliphatic heterocycles. The molecule has 1 aliphatic rings. The van der Waals surface area contributed by atoms with Crippen LogP contribution in [-0.2, 0) is 42.4 Å². The fraction of sp³-hybridized carbons (Fsp3) is 0.440. The molecular formula is C25H30N4O4S2. The first-order valence-corrected chi connectivity index (χ1v) is 13.6. The lowest BCUT2D eigenvalue weighted by Crippen LogP contribution is -2.16. The largest absolute Gasteiger partial charge is 0.486 e. The Labute approximate surface area is 213 Å². The molecule has 8 nitrogen and oxygen atoms in total. The van der Waals surface area contributed by atoms with Crippen molar-refractivity contribution in [1.82, 2.24) is 14.8 Å². The maximum Gasteiger partial charge on any atom is 0.341 e. The Kier molecular flexibility index (Phi) is 8.46. The van der Waals surface area contributed by atoms with Crippen molar-refractivity contribution in [2.75, 3.05) is 18.2 Å². The molecule has 2 heterocycles. The average Bonchev–Trinajstić information content (AvgIpc) is 3.30. The number of amides is 1. The SMILES string of the molecule is CCc1ccc(OCc2nnc(SCC(=O)Nc3sc4c(c3C(=O)OC)CCCCC4)n2C)cc1. The quantitative estimate of drug-likeness (QED) is 0.249. The highest BCUT2D eigenvalue weighted by molar-refractivity contribution is 7.99. The van der Waals surface area contributed by atoms with Crippen LogP contribution < -0.4 is 10.1 Å². The highest BCUT2D eigenvalue weighted by Gasteiger charge is 2.26. The van der Waals surface area contributed by atoms with Gasteiger partial charge in [0.05, 0.1) is 18.4 Å². The Morgan fingerprint density at radius 3 is 2.66 bits per heavy atom. The molecule has 1 aliphatic carbocycles. The van der Waals surface area contributed by atoms with Gasteiger partial charge >= 0.3 is 5.97 Å². The first-order chi connectivity index (χ1) is 17.0. The summed E-state index contributed by atoms with van der Waals surface area (Å²) in [5, 5.41) is 12.5. The van der Waals surface area contributed by atoms with Crippen LogP contribution in [0.3, 0.4) is 0 Å². The van der Waals surface area contributed by atoms with Crippen LogP contribution in [0.1, 0.15) is 58.4 Å². The number of hydrogen-bond acceptors (Lipinski definition) is 8. The molecule has 3 aromatic rings. The third kappa shape index (κ3) is 6.05. The number of methoxy groups -OCH3 is 1. The molecule has 0 fully saturated rings. The number of rotatable bonds is 9. The van der Waals surface area contributed by atoms with Crippen LogP contribution in [0, 0.1) is 0 Å².